The summed E-state index contributed by atoms with van der Waals surface area (Å²) in [5.41, 5.74) is 3.87. The Hall–Kier alpha value is -3.70. The van der Waals surface area contributed by atoms with Gasteiger partial charge in [-0.25, -0.2) is 0 Å². The molecule has 1 heterocycles. The highest BCUT2D eigenvalue weighted by atomic mass is 16.5. The summed E-state index contributed by atoms with van der Waals surface area (Å²) in [5.74, 6) is -0.429. The average Bonchev–Trinajstić information content (AvgIpc) is 3.25. The van der Waals surface area contributed by atoms with E-state index >= 15 is 0 Å². The Bertz CT molecular complexity index is 1200. The van der Waals surface area contributed by atoms with Crippen molar-refractivity contribution in [2.75, 3.05) is 26.2 Å². The zero-order valence-corrected chi connectivity index (χ0v) is 22.6. The first-order chi connectivity index (χ1) is 18.8. The fourth-order valence-electron chi connectivity index (χ4n) is 5.70. The lowest BCUT2D eigenvalue weighted by atomic mass is 9.79. The van der Waals surface area contributed by atoms with Crippen LogP contribution in [0.2, 0.25) is 0 Å². The predicted molar refractivity (Wildman–Crippen MR) is 146 cm³/mol. The number of benzene rings is 2. The number of amides is 2. The number of aliphatic carboxylic acids is 1. The Morgan fingerprint density at radius 2 is 1.77 bits per heavy atom. The zero-order chi connectivity index (χ0) is 27.8. The molecule has 1 aliphatic carbocycles. The molecule has 1 saturated carbocycles. The standard InChI is InChI=1S/C31H37N3O5/c1-22-18-25(10-11-28(22)39-17-16-34-29(35)12-13-30(34)36)20-33(15-14-23-6-8-24(19-32)9-7-23)21-26-4-2-3-5-27(26)31(37)38/h6-11,18,26-27H,2-5,12-17,20-21H2,1H3,(H,37,38). The van der Waals surface area contributed by atoms with E-state index in [1.54, 1.807) is 0 Å². The van der Waals surface area contributed by atoms with E-state index in [9.17, 15) is 19.5 Å². The second-order valence-corrected chi connectivity index (χ2v) is 10.7. The van der Waals surface area contributed by atoms with Gasteiger partial charge in [-0.05, 0) is 67.0 Å². The molecule has 8 nitrogen and oxygen atoms in total. The third-order valence-electron chi connectivity index (χ3n) is 7.89. The monoisotopic (exact) mass is 531 g/mol. The van der Waals surface area contributed by atoms with Gasteiger partial charge in [0.05, 0.1) is 24.1 Å². The molecule has 8 heteroatoms. The maximum atomic E-state index is 11.9. The Morgan fingerprint density at radius 3 is 2.44 bits per heavy atom. The van der Waals surface area contributed by atoms with Gasteiger partial charge in [-0.3, -0.25) is 24.2 Å². The van der Waals surface area contributed by atoms with Crippen LogP contribution in [0.5, 0.6) is 5.75 Å². The van der Waals surface area contributed by atoms with E-state index in [1.807, 2.05) is 43.3 Å². The van der Waals surface area contributed by atoms with Gasteiger partial charge in [0.25, 0.3) is 0 Å². The molecule has 2 atom stereocenters. The molecule has 1 saturated heterocycles. The fourth-order valence-corrected chi connectivity index (χ4v) is 5.70. The van der Waals surface area contributed by atoms with E-state index in [4.69, 9.17) is 10.00 Å². The first-order valence-corrected chi connectivity index (χ1v) is 13.8. The van der Waals surface area contributed by atoms with Crippen molar-refractivity contribution in [2.45, 2.75) is 58.4 Å². The maximum Gasteiger partial charge on any atom is 0.306 e. The summed E-state index contributed by atoms with van der Waals surface area (Å²) in [7, 11) is 0. The number of imide groups is 1. The molecular weight excluding hydrogens is 494 g/mol. The molecular formula is C31H37N3O5. The molecule has 2 aliphatic rings. The van der Waals surface area contributed by atoms with Crippen LogP contribution >= 0.6 is 0 Å². The van der Waals surface area contributed by atoms with Crippen LogP contribution in [-0.4, -0.2) is 58.9 Å². The normalized spacial score (nSPS) is 19.4. The summed E-state index contributed by atoms with van der Waals surface area (Å²) >= 11 is 0. The van der Waals surface area contributed by atoms with Crippen LogP contribution < -0.4 is 4.74 Å². The smallest absolute Gasteiger partial charge is 0.306 e. The van der Waals surface area contributed by atoms with E-state index in [-0.39, 0.29) is 49.6 Å². The van der Waals surface area contributed by atoms with Gasteiger partial charge in [-0.15, -0.1) is 0 Å². The second kappa shape index (κ2) is 13.4. The molecule has 1 aliphatic heterocycles. The van der Waals surface area contributed by atoms with Gasteiger partial charge in [0, 0.05) is 32.5 Å². The van der Waals surface area contributed by atoms with E-state index < -0.39 is 5.97 Å². The summed E-state index contributed by atoms with van der Waals surface area (Å²) in [6.07, 6.45) is 5.08. The van der Waals surface area contributed by atoms with E-state index in [0.717, 1.165) is 67.6 Å². The number of nitriles is 1. The minimum absolute atomic E-state index is 0.122. The number of ether oxygens (including phenoxy) is 1. The number of carbonyl (C=O) groups is 3. The van der Waals surface area contributed by atoms with Gasteiger partial charge < -0.3 is 9.84 Å². The molecule has 2 aromatic carbocycles. The van der Waals surface area contributed by atoms with Crippen molar-refractivity contribution < 1.29 is 24.2 Å². The molecule has 2 amide bonds. The number of hydrogen-bond donors (Lipinski definition) is 1. The number of carboxylic acid groups (broad SMARTS) is 1. The van der Waals surface area contributed by atoms with Crippen LogP contribution in [0.3, 0.4) is 0 Å². The SMILES string of the molecule is Cc1cc(CN(CCc2ccc(C#N)cc2)CC2CCCCC2C(=O)O)ccc1OCCN1C(=O)CCC1=O. The molecule has 0 aromatic heterocycles. The van der Waals surface area contributed by atoms with E-state index in [0.29, 0.717) is 12.1 Å². The lowest BCUT2D eigenvalue weighted by molar-refractivity contribution is -0.145. The largest absolute Gasteiger partial charge is 0.491 e. The van der Waals surface area contributed by atoms with Crippen LogP contribution in [0.1, 0.15) is 60.8 Å². The third kappa shape index (κ3) is 7.67. The number of carbonyl (C=O) groups excluding carboxylic acids is 2. The molecule has 4 rings (SSSR count). The van der Waals surface area contributed by atoms with Crippen molar-refractivity contribution in [3.63, 3.8) is 0 Å². The molecule has 1 N–H and O–H groups in total. The molecule has 2 fully saturated rings. The minimum Gasteiger partial charge on any atom is -0.491 e. The first kappa shape index (κ1) is 28.3. The van der Waals surface area contributed by atoms with Crippen molar-refractivity contribution in [3.05, 3.63) is 64.7 Å². The van der Waals surface area contributed by atoms with E-state index in [1.165, 1.54) is 4.90 Å². The summed E-state index contributed by atoms with van der Waals surface area (Å²) in [5, 5.41) is 18.9. The fraction of sp³-hybridized carbons (Fsp3) is 0.484. The van der Waals surface area contributed by atoms with Crippen LogP contribution in [0.15, 0.2) is 42.5 Å². The number of aryl methyl sites for hydroxylation is 1. The Balaban J connectivity index is 1.41. The molecule has 39 heavy (non-hydrogen) atoms. The third-order valence-corrected chi connectivity index (χ3v) is 7.89. The van der Waals surface area contributed by atoms with Gasteiger partial charge in [-0.2, -0.15) is 5.26 Å². The second-order valence-electron chi connectivity index (χ2n) is 10.7. The van der Waals surface area contributed by atoms with Gasteiger partial charge in [0.2, 0.25) is 11.8 Å². The molecule has 206 valence electrons. The van der Waals surface area contributed by atoms with Crippen molar-refractivity contribution in [3.8, 4) is 11.8 Å². The quantitative estimate of drug-likeness (QED) is 0.406. The molecule has 0 bridgehead atoms. The lowest BCUT2D eigenvalue weighted by Crippen LogP contribution is -2.38. The minimum atomic E-state index is -0.693. The average molecular weight is 532 g/mol. The number of nitrogens with zero attached hydrogens (tertiary/aromatic N) is 3. The Kier molecular flexibility index (Phi) is 9.72. The zero-order valence-electron chi connectivity index (χ0n) is 22.6. The van der Waals surface area contributed by atoms with Gasteiger partial charge >= 0.3 is 5.97 Å². The predicted octanol–water partition coefficient (Wildman–Crippen LogP) is 4.33. The van der Waals surface area contributed by atoms with E-state index in [2.05, 4.69) is 17.0 Å². The molecule has 0 spiro atoms. The number of rotatable bonds is 12. The van der Waals surface area contributed by atoms with Crippen LogP contribution in [-0.2, 0) is 27.3 Å². The van der Waals surface area contributed by atoms with Crippen molar-refractivity contribution in [1.29, 1.82) is 5.26 Å². The number of hydrogen-bond acceptors (Lipinski definition) is 6. The molecule has 2 aromatic rings. The first-order valence-electron chi connectivity index (χ1n) is 13.8. The summed E-state index contributed by atoms with van der Waals surface area (Å²) in [4.78, 5) is 39.2. The van der Waals surface area contributed by atoms with Crippen molar-refractivity contribution >= 4 is 17.8 Å². The van der Waals surface area contributed by atoms with Crippen molar-refractivity contribution in [1.82, 2.24) is 9.80 Å². The lowest BCUT2D eigenvalue weighted by Gasteiger charge is -2.34. The van der Waals surface area contributed by atoms with Crippen LogP contribution in [0.4, 0.5) is 0 Å². The Labute approximate surface area is 230 Å². The highest BCUT2D eigenvalue weighted by Crippen LogP contribution is 2.31. The highest BCUT2D eigenvalue weighted by molar-refractivity contribution is 6.01. The maximum absolute atomic E-state index is 11.9. The number of carboxylic acids is 1. The van der Waals surface area contributed by atoms with Crippen LogP contribution in [0, 0.1) is 30.1 Å². The molecule has 2 unspecified atom stereocenters. The van der Waals surface area contributed by atoms with Gasteiger partial charge in [0.1, 0.15) is 12.4 Å². The Morgan fingerprint density at radius 1 is 1.08 bits per heavy atom. The van der Waals surface area contributed by atoms with Gasteiger partial charge in [-0.1, -0.05) is 37.1 Å². The van der Waals surface area contributed by atoms with Crippen molar-refractivity contribution in [2.24, 2.45) is 11.8 Å². The number of likely N-dealkylation sites (tertiary alicyclic amines) is 1. The highest BCUT2D eigenvalue weighted by Gasteiger charge is 2.32. The summed E-state index contributed by atoms with van der Waals surface area (Å²) in [6, 6.07) is 15.8. The topological polar surface area (TPSA) is 111 Å². The summed E-state index contributed by atoms with van der Waals surface area (Å²) in [6.45, 7) is 4.69. The van der Waals surface area contributed by atoms with Gasteiger partial charge in [0.15, 0.2) is 0 Å². The summed E-state index contributed by atoms with van der Waals surface area (Å²) < 4.78 is 5.89. The molecule has 0 radical (unpaired) electrons. The van der Waals surface area contributed by atoms with Crippen LogP contribution in [0.25, 0.3) is 0 Å².